The van der Waals surface area contributed by atoms with E-state index in [9.17, 15) is 9.59 Å². The number of rotatable bonds is 2. The van der Waals surface area contributed by atoms with Crippen molar-refractivity contribution in [1.82, 2.24) is 0 Å². The third kappa shape index (κ3) is 11.7. The molecule has 0 rings (SSSR count). The van der Waals surface area contributed by atoms with Gasteiger partial charge in [-0.2, -0.15) is 0 Å². The fraction of sp³-hybridized carbons (Fsp3) is 0. The second-order valence-electron chi connectivity index (χ2n) is 1.01. The van der Waals surface area contributed by atoms with Crippen molar-refractivity contribution in [2.45, 2.75) is 0 Å². The van der Waals surface area contributed by atoms with Gasteiger partial charge in [0, 0.05) is 12.2 Å². The SMILES string of the molecule is O=C(O)/C=C\C(=O)O.[KH]. The fourth-order valence-corrected chi connectivity index (χ4v) is 0.143. The van der Waals surface area contributed by atoms with E-state index in [-0.39, 0.29) is 51.4 Å². The molecule has 4 nitrogen and oxygen atoms in total. The van der Waals surface area contributed by atoms with Crippen LogP contribution in [0.2, 0.25) is 0 Å². The maximum absolute atomic E-state index is 9.55. The summed E-state index contributed by atoms with van der Waals surface area (Å²) in [5.41, 5.74) is 0. The monoisotopic (exact) mass is 156 g/mol. The number of hydrogen-bond acceptors (Lipinski definition) is 2. The van der Waals surface area contributed by atoms with Gasteiger partial charge in [-0.3, -0.25) is 0 Å². The molecule has 46 valence electrons. The summed E-state index contributed by atoms with van der Waals surface area (Å²) in [6.07, 6.45) is 1.12. The summed E-state index contributed by atoms with van der Waals surface area (Å²) in [7, 11) is 0. The quantitative estimate of drug-likeness (QED) is 0.400. The van der Waals surface area contributed by atoms with Crippen molar-refractivity contribution >= 4 is 63.3 Å². The van der Waals surface area contributed by atoms with Crippen LogP contribution in [0.3, 0.4) is 0 Å². The minimum atomic E-state index is -1.26. The Morgan fingerprint density at radius 1 is 1.00 bits per heavy atom. The molecule has 0 atom stereocenters. The first-order chi connectivity index (χ1) is 3.63. The Kier molecular flexibility index (Phi) is 8.61. The number of aliphatic carboxylic acids is 2. The molecule has 0 aliphatic carbocycles. The molecule has 0 saturated carbocycles. The number of hydrogen-bond donors (Lipinski definition) is 2. The van der Waals surface area contributed by atoms with Gasteiger partial charge in [-0.1, -0.05) is 0 Å². The van der Waals surface area contributed by atoms with Gasteiger partial charge in [0.1, 0.15) is 0 Å². The molecule has 0 spiro atoms. The molecule has 2 N–H and O–H groups in total. The van der Waals surface area contributed by atoms with E-state index in [1.54, 1.807) is 0 Å². The van der Waals surface area contributed by atoms with Crippen molar-refractivity contribution in [3.05, 3.63) is 12.2 Å². The first-order valence-corrected chi connectivity index (χ1v) is 1.77. The summed E-state index contributed by atoms with van der Waals surface area (Å²) in [5, 5.41) is 15.6. The van der Waals surface area contributed by atoms with Crippen molar-refractivity contribution in [3.63, 3.8) is 0 Å². The van der Waals surface area contributed by atoms with Crippen molar-refractivity contribution in [2.75, 3.05) is 0 Å². The third-order valence-electron chi connectivity index (χ3n) is 0.368. The van der Waals surface area contributed by atoms with Gasteiger partial charge in [-0.05, 0) is 0 Å². The summed E-state index contributed by atoms with van der Waals surface area (Å²) in [6.45, 7) is 0. The summed E-state index contributed by atoms with van der Waals surface area (Å²) < 4.78 is 0. The van der Waals surface area contributed by atoms with Gasteiger partial charge in [0.25, 0.3) is 0 Å². The van der Waals surface area contributed by atoms with E-state index in [1.807, 2.05) is 0 Å². The van der Waals surface area contributed by atoms with Crippen molar-refractivity contribution in [2.24, 2.45) is 0 Å². The van der Waals surface area contributed by atoms with Crippen molar-refractivity contribution in [1.29, 1.82) is 0 Å². The summed E-state index contributed by atoms with van der Waals surface area (Å²) in [4.78, 5) is 19.1. The maximum atomic E-state index is 9.55. The van der Waals surface area contributed by atoms with Crippen LogP contribution in [0.15, 0.2) is 12.2 Å². The first kappa shape index (κ1) is 12.0. The van der Waals surface area contributed by atoms with Crippen LogP contribution >= 0.6 is 0 Å². The van der Waals surface area contributed by atoms with E-state index in [0.717, 1.165) is 0 Å². The van der Waals surface area contributed by atoms with E-state index < -0.39 is 11.9 Å². The Hall–Kier alpha value is 0.316. The topological polar surface area (TPSA) is 74.6 Å². The second kappa shape index (κ2) is 6.44. The van der Waals surface area contributed by atoms with Gasteiger partial charge < -0.3 is 10.2 Å². The Bertz CT molecular complexity index is 124. The Morgan fingerprint density at radius 2 is 1.22 bits per heavy atom. The molecular weight excluding hydrogens is 151 g/mol. The normalized spacial score (nSPS) is 8.44. The minimum absolute atomic E-state index is 0. The molecule has 0 heterocycles. The molecule has 0 amide bonds. The number of carboxylic acid groups (broad SMARTS) is 2. The van der Waals surface area contributed by atoms with Crippen molar-refractivity contribution in [3.8, 4) is 0 Å². The van der Waals surface area contributed by atoms with E-state index in [4.69, 9.17) is 10.2 Å². The summed E-state index contributed by atoms with van der Waals surface area (Å²) in [5.74, 6) is -2.51. The third-order valence-corrected chi connectivity index (χ3v) is 0.368. The average molecular weight is 156 g/mol. The van der Waals surface area contributed by atoms with Crippen LogP contribution in [0, 0.1) is 0 Å². The zero-order valence-electron chi connectivity index (χ0n) is 3.87. The van der Waals surface area contributed by atoms with Crippen LogP contribution in [-0.4, -0.2) is 73.5 Å². The van der Waals surface area contributed by atoms with Crippen LogP contribution < -0.4 is 0 Å². The predicted octanol–water partition coefficient (Wildman–Crippen LogP) is -0.937. The van der Waals surface area contributed by atoms with Gasteiger partial charge in [0.2, 0.25) is 0 Å². The zero-order valence-corrected chi connectivity index (χ0v) is 3.87. The Morgan fingerprint density at radius 3 is 1.33 bits per heavy atom. The molecule has 0 saturated heterocycles. The van der Waals surface area contributed by atoms with Crippen LogP contribution in [0.1, 0.15) is 0 Å². The second-order valence-corrected chi connectivity index (χ2v) is 1.01. The van der Waals surface area contributed by atoms with Crippen molar-refractivity contribution < 1.29 is 19.8 Å². The molecule has 0 unspecified atom stereocenters. The molecule has 0 fully saturated rings. The molecule has 0 radical (unpaired) electrons. The molecule has 0 aromatic carbocycles. The van der Waals surface area contributed by atoms with E-state index in [0.29, 0.717) is 12.2 Å². The van der Waals surface area contributed by atoms with Gasteiger partial charge in [-0.15, -0.1) is 0 Å². The Balaban J connectivity index is 0. The molecule has 9 heavy (non-hydrogen) atoms. The van der Waals surface area contributed by atoms with Gasteiger partial charge >= 0.3 is 63.3 Å². The van der Waals surface area contributed by atoms with Gasteiger partial charge in [-0.25, -0.2) is 9.59 Å². The van der Waals surface area contributed by atoms with Crippen LogP contribution in [0.5, 0.6) is 0 Å². The van der Waals surface area contributed by atoms with Crippen LogP contribution in [-0.2, 0) is 9.59 Å². The molecule has 5 heteroatoms. The molecule has 0 aromatic heterocycles. The molecule has 0 bridgehead atoms. The fourth-order valence-electron chi connectivity index (χ4n) is 0.143. The van der Waals surface area contributed by atoms with Crippen LogP contribution in [0.25, 0.3) is 0 Å². The number of carbonyl (C=O) groups is 2. The molecule has 0 aliphatic rings. The average Bonchev–Trinajstić information content (AvgIpc) is 1.61. The van der Waals surface area contributed by atoms with E-state index in [2.05, 4.69) is 0 Å². The summed E-state index contributed by atoms with van der Waals surface area (Å²) in [6, 6.07) is 0. The Labute approximate surface area is 94.0 Å². The zero-order chi connectivity index (χ0) is 6.57. The van der Waals surface area contributed by atoms with E-state index in [1.165, 1.54) is 0 Å². The van der Waals surface area contributed by atoms with E-state index >= 15 is 0 Å². The summed E-state index contributed by atoms with van der Waals surface area (Å²) >= 11 is 0. The van der Waals surface area contributed by atoms with Gasteiger partial charge in [0.05, 0.1) is 0 Å². The van der Waals surface area contributed by atoms with Gasteiger partial charge in [0.15, 0.2) is 0 Å². The first-order valence-electron chi connectivity index (χ1n) is 1.77. The van der Waals surface area contributed by atoms with Crippen LogP contribution in [0.4, 0.5) is 0 Å². The molecule has 0 aromatic rings. The molecular formula is C4H5KO4. The predicted molar refractivity (Wildman–Crippen MR) is 31.6 cm³/mol. The standard InChI is InChI=1S/C4H4O4.K.H/c5-3(6)1-2-4(7)8;;/h1-2H,(H,5,6)(H,7,8);;/b2-1-;;. The molecule has 0 aliphatic heterocycles. The number of carboxylic acids is 2.